The highest BCUT2D eigenvalue weighted by atomic mass is 35.5. The molecular formula is C16H18ClNO3. The van der Waals surface area contributed by atoms with Gasteiger partial charge in [0.1, 0.15) is 5.75 Å². The van der Waals surface area contributed by atoms with E-state index in [2.05, 4.69) is 5.32 Å². The molecular weight excluding hydrogens is 290 g/mol. The molecule has 1 atom stereocenters. The molecule has 0 bridgehead atoms. The van der Waals surface area contributed by atoms with Crippen LogP contribution in [0, 0.1) is 0 Å². The molecule has 112 valence electrons. The molecule has 2 aliphatic heterocycles. The standard InChI is InChI=1S/C16H18ClNO3/c17-12-5-6-13-14(4-2-8-21-15(13)9-12)18-16(19)11-3-1-7-20-10-11/h5-6,9-10,14H,1-4,7-8H2,(H,18,19)/t14-/m0/s1. The van der Waals surface area contributed by atoms with E-state index in [1.807, 2.05) is 18.2 Å². The lowest BCUT2D eigenvalue weighted by molar-refractivity contribution is -0.118. The SMILES string of the molecule is O=C(N[C@H]1CCCOc2cc(Cl)ccc21)C1=COCCC1. The Morgan fingerprint density at radius 2 is 2.19 bits per heavy atom. The second-order valence-corrected chi connectivity index (χ2v) is 5.75. The number of halogens is 1. The number of hydrogen-bond acceptors (Lipinski definition) is 3. The summed E-state index contributed by atoms with van der Waals surface area (Å²) in [5, 5.41) is 3.74. The number of fused-ring (bicyclic) bond motifs is 1. The van der Waals surface area contributed by atoms with Crippen LogP contribution in [0.2, 0.25) is 5.02 Å². The molecule has 1 N–H and O–H groups in total. The molecule has 5 heteroatoms. The summed E-state index contributed by atoms with van der Waals surface area (Å²) in [7, 11) is 0. The summed E-state index contributed by atoms with van der Waals surface area (Å²) in [4.78, 5) is 12.3. The van der Waals surface area contributed by atoms with Crippen LogP contribution in [0.25, 0.3) is 0 Å². The van der Waals surface area contributed by atoms with Crippen molar-refractivity contribution in [3.05, 3.63) is 40.6 Å². The monoisotopic (exact) mass is 307 g/mol. The van der Waals surface area contributed by atoms with E-state index in [0.29, 0.717) is 23.8 Å². The number of amides is 1. The van der Waals surface area contributed by atoms with Crippen LogP contribution in [0.5, 0.6) is 5.75 Å². The molecule has 1 aromatic carbocycles. The third-order valence-corrected chi connectivity index (χ3v) is 4.01. The molecule has 0 saturated carbocycles. The van der Waals surface area contributed by atoms with E-state index in [9.17, 15) is 4.79 Å². The van der Waals surface area contributed by atoms with Crippen molar-refractivity contribution in [3.63, 3.8) is 0 Å². The number of ether oxygens (including phenoxy) is 2. The highest BCUT2D eigenvalue weighted by Gasteiger charge is 2.23. The Hall–Kier alpha value is -1.68. The number of benzene rings is 1. The van der Waals surface area contributed by atoms with Gasteiger partial charge in [-0.05, 0) is 37.8 Å². The summed E-state index contributed by atoms with van der Waals surface area (Å²) in [6.45, 7) is 1.33. The zero-order valence-electron chi connectivity index (χ0n) is 11.7. The summed E-state index contributed by atoms with van der Waals surface area (Å²) < 4.78 is 10.9. The Morgan fingerprint density at radius 1 is 1.29 bits per heavy atom. The minimum atomic E-state index is -0.0532. The maximum atomic E-state index is 12.3. The molecule has 4 nitrogen and oxygen atoms in total. The van der Waals surface area contributed by atoms with Crippen molar-refractivity contribution in [3.8, 4) is 5.75 Å². The van der Waals surface area contributed by atoms with Gasteiger partial charge in [0.15, 0.2) is 0 Å². The van der Waals surface area contributed by atoms with Gasteiger partial charge in [-0.25, -0.2) is 0 Å². The molecule has 0 aromatic heterocycles. The summed E-state index contributed by atoms with van der Waals surface area (Å²) in [6, 6.07) is 5.52. The summed E-state index contributed by atoms with van der Waals surface area (Å²) in [6.07, 6.45) is 4.98. The Morgan fingerprint density at radius 3 is 3.00 bits per heavy atom. The summed E-state index contributed by atoms with van der Waals surface area (Å²) in [5.74, 6) is 0.710. The fourth-order valence-corrected chi connectivity index (χ4v) is 2.84. The van der Waals surface area contributed by atoms with Gasteiger partial charge >= 0.3 is 0 Å². The van der Waals surface area contributed by atoms with Crippen molar-refractivity contribution < 1.29 is 14.3 Å². The first-order valence-corrected chi connectivity index (χ1v) is 7.65. The molecule has 21 heavy (non-hydrogen) atoms. The van der Waals surface area contributed by atoms with Gasteiger partial charge in [0, 0.05) is 10.6 Å². The second-order valence-electron chi connectivity index (χ2n) is 5.32. The van der Waals surface area contributed by atoms with Crippen molar-refractivity contribution >= 4 is 17.5 Å². The van der Waals surface area contributed by atoms with Gasteiger partial charge in [-0.15, -0.1) is 0 Å². The minimum Gasteiger partial charge on any atom is -0.501 e. The first kappa shape index (κ1) is 14.3. The van der Waals surface area contributed by atoms with Gasteiger partial charge in [0.25, 0.3) is 5.91 Å². The Bertz CT molecular complexity index is 571. The Balaban J connectivity index is 1.79. The van der Waals surface area contributed by atoms with Crippen LogP contribution >= 0.6 is 11.6 Å². The smallest absolute Gasteiger partial charge is 0.250 e. The fraction of sp³-hybridized carbons (Fsp3) is 0.438. The van der Waals surface area contributed by atoms with Gasteiger partial charge < -0.3 is 14.8 Å². The number of carbonyl (C=O) groups excluding carboxylic acids is 1. The van der Waals surface area contributed by atoms with Crippen molar-refractivity contribution in [2.75, 3.05) is 13.2 Å². The van der Waals surface area contributed by atoms with Gasteiger partial charge in [0.2, 0.25) is 0 Å². The number of rotatable bonds is 2. The predicted molar refractivity (Wildman–Crippen MR) is 80.3 cm³/mol. The van der Waals surface area contributed by atoms with Crippen LogP contribution in [0.15, 0.2) is 30.0 Å². The van der Waals surface area contributed by atoms with E-state index in [-0.39, 0.29) is 11.9 Å². The highest BCUT2D eigenvalue weighted by molar-refractivity contribution is 6.30. The maximum Gasteiger partial charge on any atom is 0.250 e. The largest absolute Gasteiger partial charge is 0.501 e. The van der Waals surface area contributed by atoms with Crippen LogP contribution < -0.4 is 10.1 Å². The fourth-order valence-electron chi connectivity index (χ4n) is 2.68. The average molecular weight is 308 g/mol. The van der Waals surface area contributed by atoms with Crippen LogP contribution in [0.3, 0.4) is 0 Å². The molecule has 2 heterocycles. The predicted octanol–water partition coefficient (Wildman–Crippen LogP) is 3.36. The molecule has 3 rings (SSSR count). The van der Waals surface area contributed by atoms with Crippen LogP contribution in [-0.4, -0.2) is 19.1 Å². The number of carbonyl (C=O) groups is 1. The van der Waals surface area contributed by atoms with Crippen molar-refractivity contribution in [1.29, 1.82) is 0 Å². The molecule has 0 spiro atoms. The third kappa shape index (κ3) is 3.32. The lowest BCUT2D eigenvalue weighted by Crippen LogP contribution is -2.30. The first-order chi connectivity index (χ1) is 10.2. The number of nitrogens with one attached hydrogen (secondary N) is 1. The van der Waals surface area contributed by atoms with Gasteiger partial charge in [0.05, 0.1) is 31.1 Å². The normalized spacial score (nSPS) is 21.2. The van der Waals surface area contributed by atoms with Gasteiger partial charge in [-0.2, -0.15) is 0 Å². The van der Waals surface area contributed by atoms with Crippen molar-refractivity contribution in [2.24, 2.45) is 0 Å². The lowest BCUT2D eigenvalue weighted by atomic mass is 10.0. The van der Waals surface area contributed by atoms with E-state index in [1.165, 1.54) is 0 Å². The quantitative estimate of drug-likeness (QED) is 0.911. The third-order valence-electron chi connectivity index (χ3n) is 3.78. The first-order valence-electron chi connectivity index (χ1n) is 7.28. The van der Waals surface area contributed by atoms with E-state index in [4.69, 9.17) is 21.1 Å². The lowest BCUT2D eigenvalue weighted by Gasteiger charge is -2.20. The van der Waals surface area contributed by atoms with E-state index < -0.39 is 0 Å². The van der Waals surface area contributed by atoms with Crippen LogP contribution in [-0.2, 0) is 9.53 Å². The molecule has 2 aliphatic rings. The maximum absolute atomic E-state index is 12.3. The van der Waals surface area contributed by atoms with Crippen molar-refractivity contribution in [1.82, 2.24) is 5.32 Å². The molecule has 0 saturated heterocycles. The molecule has 0 unspecified atom stereocenters. The zero-order chi connectivity index (χ0) is 14.7. The minimum absolute atomic E-state index is 0.0462. The zero-order valence-corrected chi connectivity index (χ0v) is 12.5. The van der Waals surface area contributed by atoms with Gasteiger partial charge in [-0.1, -0.05) is 17.7 Å². The van der Waals surface area contributed by atoms with E-state index in [0.717, 1.165) is 37.0 Å². The van der Waals surface area contributed by atoms with Gasteiger partial charge in [-0.3, -0.25) is 4.79 Å². The highest BCUT2D eigenvalue weighted by Crippen LogP contribution is 2.33. The molecule has 1 amide bonds. The van der Waals surface area contributed by atoms with Crippen LogP contribution in [0.4, 0.5) is 0 Å². The van der Waals surface area contributed by atoms with Crippen molar-refractivity contribution in [2.45, 2.75) is 31.7 Å². The van der Waals surface area contributed by atoms with Crippen LogP contribution in [0.1, 0.15) is 37.3 Å². The Kier molecular flexibility index (Phi) is 4.34. The van der Waals surface area contributed by atoms with E-state index in [1.54, 1.807) is 6.26 Å². The van der Waals surface area contributed by atoms with E-state index >= 15 is 0 Å². The summed E-state index contributed by atoms with van der Waals surface area (Å²) >= 11 is 6.01. The molecule has 1 aromatic rings. The Labute approximate surface area is 129 Å². The average Bonchev–Trinajstić information content (AvgIpc) is 2.70. The topological polar surface area (TPSA) is 47.6 Å². The summed E-state index contributed by atoms with van der Waals surface area (Å²) in [5.41, 5.74) is 1.70. The molecule has 0 aliphatic carbocycles. The molecule has 0 fully saturated rings. The number of hydrogen-bond donors (Lipinski definition) is 1. The second kappa shape index (κ2) is 6.39. The molecule has 0 radical (unpaired) electrons.